The Morgan fingerprint density at radius 3 is 2.68 bits per heavy atom. The van der Waals surface area contributed by atoms with Crippen LogP contribution in [0.3, 0.4) is 0 Å². The van der Waals surface area contributed by atoms with Crippen LogP contribution in [-0.2, 0) is 0 Å². The van der Waals surface area contributed by atoms with Crippen LogP contribution in [0.15, 0.2) is 30.3 Å². The van der Waals surface area contributed by atoms with E-state index in [1.807, 2.05) is 18.2 Å². The smallest absolute Gasteiger partial charge is 0.277 e. The molecule has 0 saturated carbocycles. The number of benzene rings is 1. The molecule has 0 saturated heterocycles. The van der Waals surface area contributed by atoms with E-state index >= 15 is 0 Å². The third-order valence-corrected chi connectivity index (χ3v) is 3.84. The summed E-state index contributed by atoms with van der Waals surface area (Å²) in [6.07, 6.45) is 0. The molecule has 2 heterocycles. The van der Waals surface area contributed by atoms with Gasteiger partial charge in [-0.05, 0) is 18.2 Å². The minimum absolute atomic E-state index is 0.187. The number of methoxy groups -OCH3 is 2. The van der Waals surface area contributed by atoms with E-state index in [1.54, 1.807) is 13.2 Å². The van der Waals surface area contributed by atoms with Crippen LogP contribution in [0.2, 0.25) is 0 Å². The number of nitrogens with zero attached hydrogens (tertiary/aromatic N) is 3. The third kappa shape index (κ3) is 2.68. The summed E-state index contributed by atoms with van der Waals surface area (Å²) in [4.78, 5) is 16.5. The fourth-order valence-corrected chi connectivity index (χ4v) is 2.73. The van der Waals surface area contributed by atoms with Crippen LogP contribution in [0.4, 0.5) is 5.13 Å². The molecule has 0 aliphatic heterocycles. The molecule has 0 unspecified atom stereocenters. The van der Waals surface area contributed by atoms with Crippen molar-refractivity contribution in [2.45, 2.75) is 0 Å². The van der Waals surface area contributed by atoms with Crippen LogP contribution >= 0.6 is 11.3 Å². The first-order valence-corrected chi connectivity index (χ1v) is 7.15. The number of hydrogen-bond donors (Lipinski definition) is 1. The lowest BCUT2D eigenvalue weighted by Gasteiger charge is -2.01. The highest BCUT2D eigenvalue weighted by Crippen LogP contribution is 2.32. The second-order valence-electron chi connectivity index (χ2n) is 4.24. The van der Waals surface area contributed by atoms with Gasteiger partial charge in [0.05, 0.1) is 18.9 Å². The Balaban J connectivity index is 1.84. The van der Waals surface area contributed by atoms with Crippen molar-refractivity contribution in [3.05, 3.63) is 36.0 Å². The van der Waals surface area contributed by atoms with Gasteiger partial charge in [-0.1, -0.05) is 17.4 Å². The fraction of sp³-hybridized carbons (Fsp3) is 0.143. The molecule has 0 bridgehead atoms. The van der Waals surface area contributed by atoms with E-state index in [-0.39, 0.29) is 11.6 Å². The summed E-state index contributed by atoms with van der Waals surface area (Å²) in [6, 6.07) is 8.72. The van der Waals surface area contributed by atoms with Crippen molar-refractivity contribution in [3.8, 4) is 11.6 Å². The lowest BCUT2D eigenvalue weighted by molar-refractivity contribution is 0.102. The number of carbonyl (C=O) groups excluding carboxylic acids is 1. The van der Waals surface area contributed by atoms with Crippen molar-refractivity contribution in [1.29, 1.82) is 0 Å². The first-order valence-electron chi connectivity index (χ1n) is 6.34. The topological polar surface area (TPSA) is 86.2 Å². The standard InChI is InChI=1S/C14H12N4O3S/c1-20-9-4-3-5-10-12(9)15-14(22-10)16-13(19)8-6-7-11(21-2)18-17-8/h3-7H,1-2H3,(H,15,16,19). The average molecular weight is 316 g/mol. The zero-order valence-electron chi connectivity index (χ0n) is 11.9. The first kappa shape index (κ1) is 14.2. The van der Waals surface area contributed by atoms with Crippen LogP contribution in [-0.4, -0.2) is 35.3 Å². The van der Waals surface area contributed by atoms with E-state index in [0.717, 1.165) is 4.70 Å². The highest BCUT2D eigenvalue weighted by Gasteiger charge is 2.13. The molecule has 0 aliphatic carbocycles. The second kappa shape index (κ2) is 5.94. The van der Waals surface area contributed by atoms with E-state index in [0.29, 0.717) is 22.3 Å². The third-order valence-electron chi connectivity index (χ3n) is 2.90. The Morgan fingerprint density at radius 1 is 1.14 bits per heavy atom. The molecule has 1 amide bonds. The van der Waals surface area contributed by atoms with Crippen molar-refractivity contribution in [1.82, 2.24) is 15.2 Å². The van der Waals surface area contributed by atoms with Gasteiger partial charge in [-0.2, -0.15) is 0 Å². The van der Waals surface area contributed by atoms with E-state index < -0.39 is 0 Å². The molecular formula is C14H12N4O3S. The van der Waals surface area contributed by atoms with Crippen LogP contribution in [0, 0.1) is 0 Å². The molecule has 22 heavy (non-hydrogen) atoms. The number of thiazole rings is 1. The Labute approximate surface area is 129 Å². The van der Waals surface area contributed by atoms with Crippen LogP contribution in [0.5, 0.6) is 11.6 Å². The molecule has 0 atom stereocenters. The van der Waals surface area contributed by atoms with Gasteiger partial charge in [0.25, 0.3) is 5.91 Å². The van der Waals surface area contributed by atoms with Gasteiger partial charge in [0, 0.05) is 6.07 Å². The molecule has 2 aromatic heterocycles. The maximum absolute atomic E-state index is 12.1. The van der Waals surface area contributed by atoms with Gasteiger partial charge in [0.1, 0.15) is 11.3 Å². The van der Waals surface area contributed by atoms with Gasteiger partial charge < -0.3 is 9.47 Å². The maximum Gasteiger partial charge on any atom is 0.277 e. The predicted molar refractivity (Wildman–Crippen MR) is 82.7 cm³/mol. The van der Waals surface area contributed by atoms with E-state index in [1.165, 1.54) is 24.5 Å². The van der Waals surface area contributed by atoms with E-state index in [9.17, 15) is 4.79 Å². The van der Waals surface area contributed by atoms with E-state index in [2.05, 4.69) is 20.5 Å². The summed E-state index contributed by atoms with van der Waals surface area (Å²) in [7, 11) is 3.07. The second-order valence-corrected chi connectivity index (χ2v) is 5.27. The largest absolute Gasteiger partial charge is 0.494 e. The monoisotopic (exact) mass is 316 g/mol. The molecule has 112 valence electrons. The lowest BCUT2D eigenvalue weighted by Crippen LogP contribution is -2.14. The fourth-order valence-electron chi connectivity index (χ4n) is 1.85. The van der Waals surface area contributed by atoms with Gasteiger partial charge in [0.15, 0.2) is 10.8 Å². The number of aromatic nitrogens is 3. The first-order chi connectivity index (χ1) is 10.7. The Morgan fingerprint density at radius 2 is 2.00 bits per heavy atom. The zero-order chi connectivity index (χ0) is 15.5. The summed E-state index contributed by atoms with van der Waals surface area (Å²) in [5.74, 6) is 0.632. The summed E-state index contributed by atoms with van der Waals surface area (Å²) in [5, 5.41) is 10.7. The van der Waals surface area contributed by atoms with Gasteiger partial charge in [-0.15, -0.1) is 10.2 Å². The highest BCUT2D eigenvalue weighted by atomic mass is 32.1. The number of para-hydroxylation sites is 1. The maximum atomic E-state index is 12.1. The molecule has 0 radical (unpaired) electrons. The van der Waals surface area contributed by atoms with Crippen LogP contribution in [0.1, 0.15) is 10.5 Å². The van der Waals surface area contributed by atoms with Gasteiger partial charge in [-0.3, -0.25) is 10.1 Å². The van der Waals surface area contributed by atoms with Crippen molar-refractivity contribution >= 4 is 32.6 Å². The molecule has 1 aromatic carbocycles. The minimum atomic E-state index is -0.381. The predicted octanol–water partition coefficient (Wildman–Crippen LogP) is 2.36. The number of nitrogens with one attached hydrogen (secondary N) is 1. The summed E-state index contributed by atoms with van der Waals surface area (Å²) in [6.45, 7) is 0. The molecule has 0 fully saturated rings. The lowest BCUT2D eigenvalue weighted by atomic mass is 10.3. The van der Waals surface area contributed by atoms with Crippen LogP contribution < -0.4 is 14.8 Å². The zero-order valence-corrected chi connectivity index (χ0v) is 12.7. The summed E-state index contributed by atoms with van der Waals surface area (Å²) >= 11 is 1.36. The number of anilines is 1. The van der Waals surface area contributed by atoms with Crippen molar-refractivity contribution in [2.75, 3.05) is 19.5 Å². The highest BCUT2D eigenvalue weighted by molar-refractivity contribution is 7.22. The Kier molecular flexibility index (Phi) is 3.84. The number of hydrogen-bond acceptors (Lipinski definition) is 7. The van der Waals surface area contributed by atoms with Crippen molar-refractivity contribution in [3.63, 3.8) is 0 Å². The molecule has 7 nitrogen and oxygen atoms in total. The van der Waals surface area contributed by atoms with Crippen LogP contribution in [0.25, 0.3) is 10.2 Å². The number of fused-ring (bicyclic) bond motifs is 1. The molecule has 1 N–H and O–H groups in total. The molecular weight excluding hydrogens is 304 g/mol. The van der Waals surface area contributed by atoms with Gasteiger partial charge in [0.2, 0.25) is 5.88 Å². The number of carbonyl (C=O) groups is 1. The molecule has 0 spiro atoms. The van der Waals surface area contributed by atoms with Crippen molar-refractivity contribution < 1.29 is 14.3 Å². The Bertz CT molecular complexity index is 817. The minimum Gasteiger partial charge on any atom is -0.494 e. The molecule has 3 rings (SSSR count). The van der Waals surface area contributed by atoms with E-state index in [4.69, 9.17) is 9.47 Å². The van der Waals surface area contributed by atoms with Gasteiger partial charge >= 0.3 is 0 Å². The summed E-state index contributed by atoms with van der Waals surface area (Å²) < 4.78 is 11.1. The molecule has 8 heteroatoms. The van der Waals surface area contributed by atoms with Crippen molar-refractivity contribution in [2.24, 2.45) is 0 Å². The Hall–Kier alpha value is -2.74. The summed E-state index contributed by atoms with van der Waals surface area (Å²) in [5.41, 5.74) is 0.901. The normalized spacial score (nSPS) is 10.5. The number of ether oxygens (including phenoxy) is 2. The molecule has 3 aromatic rings. The van der Waals surface area contributed by atoms with Gasteiger partial charge in [-0.25, -0.2) is 4.98 Å². The average Bonchev–Trinajstić information content (AvgIpc) is 2.97. The number of rotatable bonds is 4. The SMILES string of the molecule is COc1ccc(C(=O)Nc2nc3c(OC)cccc3s2)nn1. The number of amides is 1. The quantitative estimate of drug-likeness (QED) is 0.795. The molecule has 0 aliphatic rings.